The molecule has 0 spiro atoms. The SMILES string of the molecule is CC(C)(C)n1c(CCl)nnc1-c1ccc2c(c1)CCC2. The number of aryl methyl sites for hydroxylation is 2. The molecular formula is C16H20ClN3. The molecule has 1 heterocycles. The monoisotopic (exact) mass is 289 g/mol. The number of hydrogen-bond donors (Lipinski definition) is 0. The maximum Gasteiger partial charge on any atom is 0.164 e. The lowest BCUT2D eigenvalue weighted by molar-refractivity contribution is 0.390. The molecule has 2 aromatic rings. The topological polar surface area (TPSA) is 30.7 Å². The van der Waals surface area contributed by atoms with Crippen LogP contribution in [-0.2, 0) is 24.3 Å². The minimum absolute atomic E-state index is 0.0813. The van der Waals surface area contributed by atoms with E-state index in [1.807, 2.05) is 0 Å². The van der Waals surface area contributed by atoms with Crippen LogP contribution in [0.3, 0.4) is 0 Å². The first-order chi connectivity index (χ1) is 9.50. The van der Waals surface area contributed by atoms with Crippen LogP contribution in [0.1, 0.15) is 44.1 Å². The van der Waals surface area contributed by atoms with Gasteiger partial charge in [0, 0.05) is 11.1 Å². The van der Waals surface area contributed by atoms with Crippen molar-refractivity contribution in [2.24, 2.45) is 0 Å². The van der Waals surface area contributed by atoms with Gasteiger partial charge in [-0.25, -0.2) is 0 Å². The van der Waals surface area contributed by atoms with Crippen molar-refractivity contribution in [2.75, 3.05) is 0 Å². The van der Waals surface area contributed by atoms with E-state index in [9.17, 15) is 0 Å². The minimum atomic E-state index is -0.0813. The number of nitrogens with zero attached hydrogens (tertiary/aromatic N) is 3. The fourth-order valence-corrected chi connectivity index (χ4v) is 3.18. The van der Waals surface area contributed by atoms with E-state index >= 15 is 0 Å². The fraction of sp³-hybridized carbons (Fsp3) is 0.500. The summed E-state index contributed by atoms with van der Waals surface area (Å²) in [5, 5.41) is 8.63. The van der Waals surface area contributed by atoms with Crippen molar-refractivity contribution in [3.63, 3.8) is 0 Å². The molecule has 1 aliphatic rings. The zero-order valence-corrected chi connectivity index (χ0v) is 13.0. The molecular weight excluding hydrogens is 270 g/mol. The van der Waals surface area contributed by atoms with Crippen molar-refractivity contribution in [1.82, 2.24) is 14.8 Å². The lowest BCUT2D eigenvalue weighted by atomic mass is 10.0. The molecule has 1 aromatic heterocycles. The molecule has 0 saturated carbocycles. The van der Waals surface area contributed by atoms with E-state index in [2.05, 4.69) is 53.7 Å². The summed E-state index contributed by atoms with van der Waals surface area (Å²) < 4.78 is 2.15. The highest BCUT2D eigenvalue weighted by Gasteiger charge is 2.24. The molecule has 0 bridgehead atoms. The molecule has 0 amide bonds. The zero-order valence-electron chi connectivity index (χ0n) is 12.3. The zero-order chi connectivity index (χ0) is 14.3. The number of aromatic nitrogens is 3. The van der Waals surface area contributed by atoms with Crippen LogP contribution in [0.2, 0.25) is 0 Å². The highest BCUT2D eigenvalue weighted by molar-refractivity contribution is 6.16. The number of hydrogen-bond acceptors (Lipinski definition) is 2. The predicted molar refractivity (Wildman–Crippen MR) is 82.0 cm³/mol. The standard InChI is InChI=1S/C16H20ClN3/c1-16(2,3)20-14(10-17)18-19-15(20)13-8-7-11-5-4-6-12(11)9-13/h7-9H,4-6,10H2,1-3H3. The Morgan fingerprint density at radius 3 is 2.60 bits per heavy atom. The number of alkyl halides is 1. The highest BCUT2D eigenvalue weighted by Crippen LogP contribution is 2.30. The van der Waals surface area contributed by atoms with Gasteiger partial charge in [0.25, 0.3) is 0 Å². The molecule has 20 heavy (non-hydrogen) atoms. The molecule has 3 nitrogen and oxygen atoms in total. The van der Waals surface area contributed by atoms with Gasteiger partial charge in [-0.15, -0.1) is 21.8 Å². The van der Waals surface area contributed by atoms with Gasteiger partial charge < -0.3 is 4.57 Å². The molecule has 0 unspecified atom stereocenters. The molecule has 0 fully saturated rings. The van der Waals surface area contributed by atoms with Crippen molar-refractivity contribution in [2.45, 2.75) is 51.5 Å². The van der Waals surface area contributed by atoms with Gasteiger partial charge >= 0.3 is 0 Å². The second kappa shape index (κ2) is 4.88. The Kier molecular flexibility index (Phi) is 3.33. The largest absolute Gasteiger partial charge is 0.305 e. The van der Waals surface area contributed by atoms with Crippen LogP contribution in [0.5, 0.6) is 0 Å². The minimum Gasteiger partial charge on any atom is -0.305 e. The summed E-state index contributed by atoms with van der Waals surface area (Å²) in [5.74, 6) is 2.13. The normalized spacial score (nSPS) is 14.6. The van der Waals surface area contributed by atoms with E-state index in [4.69, 9.17) is 11.6 Å². The lowest BCUT2D eigenvalue weighted by Gasteiger charge is -2.24. The maximum atomic E-state index is 6.01. The van der Waals surface area contributed by atoms with Gasteiger partial charge in [0.15, 0.2) is 5.82 Å². The van der Waals surface area contributed by atoms with Crippen molar-refractivity contribution >= 4 is 11.6 Å². The van der Waals surface area contributed by atoms with Gasteiger partial charge in [-0.2, -0.15) is 0 Å². The molecule has 106 valence electrons. The average molecular weight is 290 g/mol. The highest BCUT2D eigenvalue weighted by atomic mass is 35.5. The molecule has 0 saturated heterocycles. The van der Waals surface area contributed by atoms with Gasteiger partial charge in [-0.05, 0) is 57.2 Å². The Balaban J connectivity index is 2.13. The molecule has 4 heteroatoms. The molecule has 0 aliphatic heterocycles. The summed E-state index contributed by atoms with van der Waals surface area (Å²) in [6.45, 7) is 6.47. The first-order valence-corrected chi connectivity index (χ1v) is 7.67. The van der Waals surface area contributed by atoms with Crippen LogP contribution < -0.4 is 0 Å². The van der Waals surface area contributed by atoms with Crippen LogP contribution in [0.25, 0.3) is 11.4 Å². The third kappa shape index (κ3) is 2.24. The average Bonchev–Trinajstić information content (AvgIpc) is 3.03. The van der Waals surface area contributed by atoms with Crippen molar-refractivity contribution < 1.29 is 0 Å². The van der Waals surface area contributed by atoms with Crippen LogP contribution in [0.15, 0.2) is 18.2 Å². The van der Waals surface area contributed by atoms with E-state index in [1.165, 1.54) is 30.4 Å². The number of halogens is 1. The van der Waals surface area contributed by atoms with Gasteiger partial charge in [0.2, 0.25) is 0 Å². The number of rotatable bonds is 2. The molecule has 0 N–H and O–H groups in total. The first kappa shape index (κ1) is 13.6. The second-order valence-corrected chi connectivity index (χ2v) is 6.68. The van der Waals surface area contributed by atoms with E-state index in [0.717, 1.165) is 17.2 Å². The van der Waals surface area contributed by atoms with E-state index in [-0.39, 0.29) is 5.54 Å². The summed E-state index contributed by atoms with van der Waals surface area (Å²) in [7, 11) is 0. The third-order valence-electron chi connectivity index (χ3n) is 3.88. The molecule has 3 rings (SSSR count). The maximum absolute atomic E-state index is 6.01. The fourth-order valence-electron chi connectivity index (χ4n) is 3.01. The smallest absolute Gasteiger partial charge is 0.164 e. The van der Waals surface area contributed by atoms with Crippen LogP contribution in [0, 0.1) is 0 Å². The Hall–Kier alpha value is -1.35. The third-order valence-corrected chi connectivity index (χ3v) is 4.12. The van der Waals surface area contributed by atoms with Crippen molar-refractivity contribution in [3.8, 4) is 11.4 Å². The summed E-state index contributed by atoms with van der Waals surface area (Å²) >= 11 is 6.01. The Morgan fingerprint density at radius 1 is 1.15 bits per heavy atom. The van der Waals surface area contributed by atoms with Crippen molar-refractivity contribution in [1.29, 1.82) is 0 Å². The molecule has 1 aromatic carbocycles. The molecule has 0 radical (unpaired) electrons. The number of fused-ring (bicyclic) bond motifs is 1. The van der Waals surface area contributed by atoms with Gasteiger partial charge in [0.1, 0.15) is 5.82 Å². The predicted octanol–water partition coefficient (Wildman–Crippen LogP) is 3.93. The summed E-state index contributed by atoms with van der Waals surface area (Å²) in [6, 6.07) is 6.67. The summed E-state index contributed by atoms with van der Waals surface area (Å²) in [6.07, 6.45) is 3.64. The van der Waals surface area contributed by atoms with Crippen LogP contribution in [0.4, 0.5) is 0 Å². The Labute approximate surface area is 125 Å². The van der Waals surface area contributed by atoms with Gasteiger partial charge in [0.05, 0.1) is 5.88 Å². The van der Waals surface area contributed by atoms with E-state index < -0.39 is 0 Å². The number of benzene rings is 1. The van der Waals surface area contributed by atoms with Gasteiger partial charge in [-0.3, -0.25) is 0 Å². The van der Waals surface area contributed by atoms with E-state index in [1.54, 1.807) is 0 Å². The second-order valence-electron chi connectivity index (χ2n) is 6.42. The van der Waals surface area contributed by atoms with E-state index in [0.29, 0.717) is 5.88 Å². The van der Waals surface area contributed by atoms with Crippen LogP contribution >= 0.6 is 11.6 Å². The van der Waals surface area contributed by atoms with Gasteiger partial charge in [-0.1, -0.05) is 12.1 Å². The Morgan fingerprint density at radius 2 is 1.90 bits per heavy atom. The molecule has 0 atom stereocenters. The summed E-state index contributed by atoms with van der Waals surface area (Å²) in [4.78, 5) is 0. The van der Waals surface area contributed by atoms with Crippen molar-refractivity contribution in [3.05, 3.63) is 35.2 Å². The molecule has 1 aliphatic carbocycles. The van der Waals surface area contributed by atoms with Crippen LogP contribution in [-0.4, -0.2) is 14.8 Å². The Bertz CT molecular complexity index is 638. The first-order valence-electron chi connectivity index (χ1n) is 7.13. The summed E-state index contributed by atoms with van der Waals surface area (Å²) in [5.41, 5.74) is 4.00. The lowest BCUT2D eigenvalue weighted by Crippen LogP contribution is -2.24. The quantitative estimate of drug-likeness (QED) is 0.784.